The van der Waals surface area contributed by atoms with Gasteiger partial charge in [-0.05, 0) is 42.7 Å². The molecule has 0 unspecified atom stereocenters. The second-order valence-electron chi connectivity index (χ2n) is 6.63. The first-order valence-corrected chi connectivity index (χ1v) is 8.97. The van der Waals surface area contributed by atoms with Gasteiger partial charge in [-0.25, -0.2) is 4.79 Å². The number of anilines is 1. The molecule has 2 aromatic rings. The third kappa shape index (κ3) is 4.34. The summed E-state index contributed by atoms with van der Waals surface area (Å²) in [7, 11) is 2.13. The Hall–Kier alpha value is -3.00. The summed E-state index contributed by atoms with van der Waals surface area (Å²) in [5.74, 6) is 0. The van der Waals surface area contributed by atoms with Crippen molar-refractivity contribution in [3.63, 3.8) is 0 Å². The minimum absolute atomic E-state index is 0.0184. The topological polar surface area (TPSA) is 59.4 Å². The number of carbonyl (C=O) groups excluding carboxylic acids is 1. The number of amides is 2. The van der Waals surface area contributed by atoms with Crippen molar-refractivity contribution in [1.29, 1.82) is 5.26 Å². The van der Waals surface area contributed by atoms with Gasteiger partial charge in [0.1, 0.15) is 0 Å². The van der Waals surface area contributed by atoms with E-state index in [1.54, 1.807) is 12.1 Å². The summed E-state index contributed by atoms with van der Waals surface area (Å²) in [6.45, 7) is 2.01. The van der Waals surface area contributed by atoms with E-state index in [4.69, 9.17) is 5.26 Å². The van der Waals surface area contributed by atoms with Gasteiger partial charge in [0.15, 0.2) is 0 Å². The van der Waals surface area contributed by atoms with E-state index < -0.39 is 0 Å². The molecule has 2 amide bonds. The largest absolute Gasteiger partial charge is 0.371 e. The van der Waals surface area contributed by atoms with Gasteiger partial charge in [-0.3, -0.25) is 0 Å². The van der Waals surface area contributed by atoms with Crippen molar-refractivity contribution in [1.82, 2.24) is 10.2 Å². The molecule has 1 N–H and O–H groups in total. The van der Waals surface area contributed by atoms with Gasteiger partial charge in [0.2, 0.25) is 0 Å². The van der Waals surface area contributed by atoms with E-state index in [-0.39, 0.29) is 6.03 Å². The normalized spacial score (nSPS) is 14.5. The summed E-state index contributed by atoms with van der Waals surface area (Å²) in [4.78, 5) is 16.6. The van der Waals surface area contributed by atoms with E-state index in [1.807, 2.05) is 23.1 Å². The molecule has 5 nitrogen and oxygen atoms in total. The van der Waals surface area contributed by atoms with Gasteiger partial charge < -0.3 is 15.1 Å². The molecule has 1 aliphatic rings. The van der Waals surface area contributed by atoms with Crippen molar-refractivity contribution in [2.45, 2.75) is 25.4 Å². The van der Waals surface area contributed by atoms with Crippen LogP contribution in [-0.2, 0) is 6.54 Å². The number of piperidine rings is 1. The Morgan fingerprint density at radius 2 is 1.81 bits per heavy atom. The van der Waals surface area contributed by atoms with E-state index in [1.165, 1.54) is 5.69 Å². The predicted octanol–water partition coefficient (Wildman–Crippen LogP) is 3.37. The Balaban J connectivity index is 1.46. The average Bonchev–Trinajstić information content (AvgIpc) is 2.72. The molecule has 1 fully saturated rings. The van der Waals surface area contributed by atoms with Crippen LogP contribution >= 0.6 is 0 Å². The molecule has 0 atom stereocenters. The van der Waals surface area contributed by atoms with E-state index in [0.29, 0.717) is 18.2 Å². The number of carbonyl (C=O) groups is 1. The van der Waals surface area contributed by atoms with Crippen molar-refractivity contribution in [3.05, 3.63) is 65.7 Å². The van der Waals surface area contributed by atoms with Gasteiger partial charge in [-0.15, -0.1) is 0 Å². The summed E-state index contributed by atoms with van der Waals surface area (Å²) in [5, 5.41) is 11.8. The first kappa shape index (κ1) is 17.8. The summed E-state index contributed by atoms with van der Waals surface area (Å²) < 4.78 is 0. The Morgan fingerprint density at radius 3 is 2.42 bits per heavy atom. The fourth-order valence-electron chi connectivity index (χ4n) is 3.32. The van der Waals surface area contributed by atoms with Crippen molar-refractivity contribution in [2.24, 2.45) is 0 Å². The number of hydrogen-bond donors (Lipinski definition) is 1. The summed E-state index contributed by atoms with van der Waals surface area (Å²) in [5.41, 5.74) is 2.84. The highest BCUT2D eigenvalue weighted by Crippen LogP contribution is 2.21. The first-order chi connectivity index (χ1) is 12.7. The van der Waals surface area contributed by atoms with Crippen LogP contribution in [0.3, 0.4) is 0 Å². The number of nitrogens with zero attached hydrogens (tertiary/aromatic N) is 3. The smallest absolute Gasteiger partial charge is 0.317 e. The highest BCUT2D eigenvalue weighted by atomic mass is 16.2. The van der Waals surface area contributed by atoms with E-state index in [9.17, 15) is 4.79 Å². The number of nitriles is 1. The molecule has 0 aliphatic carbocycles. The number of urea groups is 1. The number of para-hydroxylation sites is 1. The molecule has 134 valence electrons. The second kappa shape index (κ2) is 8.39. The van der Waals surface area contributed by atoms with Gasteiger partial charge in [-0.1, -0.05) is 30.3 Å². The number of nitrogens with one attached hydrogen (secondary N) is 1. The highest BCUT2D eigenvalue weighted by molar-refractivity contribution is 5.74. The second-order valence-corrected chi connectivity index (χ2v) is 6.63. The lowest BCUT2D eigenvalue weighted by molar-refractivity contribution is 0.180. The van der Waals surface area contributed by atoms with Crippen molar-refractivity contribution >= 4 is 11.7 Å². The molecule has 26 heavy (non-hydrogen) atoms. The third-order valence-electron chi connectivity index (χ3n) is 4.99. The van der Waals surface area contributed by atoms with Crippen LogP contribution in [0.25, 0.3) is 0 Å². The zero-order chi connectivity index (χ0) is 18.4. The Morgan fingerprint density at radius 1 is 1.15 bits per heavy atom. The Bertz CT molecular complexity index is 759. The van der Waals surface area contributed by atoms with Gasteiger partial charge in [0, 0.05) is 38.4 Å². The Labute approximate surface area is 154 Å². The van der Waals surface area contributed by atoms with Crippen LogP contribution in [0.2, 0.25) is 0 Å². The third-order valence-corrected chi connectivity index (χ3v) is 4.99. The van der Waals surface area contributed by atoms with E-state index in [0.717, 1.165) is 31.5 Å². The molecule has 2 aromatic carbocycles. The minimum Gasteiger partial charge on any atom is -0.371 e. The van der Waals surface area contributed by atoms with Crippen molar-refractivity contribution in [3.8, 4) is 6.07 Å². The lowest BCUT2D eigenvalue weighted by Gasteiger charge is -2.37. The maximum absolute atomic E-state index is 12.4. The van der Waals surface area contributed by atoms with E-state index in [2.05, 4.69) is 47.6 Å². The predicted molar refractivity (Wildman–Crippen MR) is 103 cm³/mol. The molecule has 0 saturated carbocycles. The Kier molecular flexibility index (Phi) is 5.75. The number of likely N-dealkylation sites (tertiary alicyclic amines) is 1. The number of rotatable bonds is 4. The quantitative estimate of drug-likeness (QED) is 0.921. The summed E-state index contributed by atoms with van der Waals surface area (Å²) in [6.07, 6.45) is 1.94. The van der Waals surface area contributed by atoms with Crippen LogP contribution in [0.5, 0.6) is 0 Å². The first-order valence-electron chi connectivity index (χ1n) is 8.97. The standard InChI is InChI=1S/C21H24N4O/c1-24(19-5-3-2-4-6-19)20-11-13-25(14-12-20)21(26)23-16-18-9-7-17(15-22)8-10-18/h2-10,20H,11-14,16H2,1H3,(H,23,26). The lowest BCUT2D eigenvalue weighted by Crippen LogP contribution is -2.48. The van der Waals surface area contributed by atoms with Gasteiger partial charge in [0.05, 0.1) is 11.6 Å². The number of benzene rings is 2. The molecular weight excluding hydrogens is 324 g/mol. The van der Waals surface area contributed by atoms with Crippen molar-refractivity contribution < 1.29 is 4.79 Å². The zero-order valence-corrected chi connectivity index (χ0v) is 15.1. The lowest BCUT2D eigenvalue weighted by atomic mass is 10.0. The van der Waals surface area contributed by atoms with Crippen LogP contribution < -0.4 is 10.2 Å². The molecule has 5 heteroatoms. The fraction of sp³-hybridized carbons (Fsp3) is 0.333. The van der Waals surface area contributed by atoms with E-state index >= 15 is 0 Å². The molecule has 0 aromatic heterocycles. The van der Waals surface area contributed by atoms with Crippen LogP contribution in [-0.4, -0.2) is 37.1 Å². The highest BCUT2D eigenvalue weighted by Gasteiger charge is 2.25. The maximum Gasteiger partial charge on any atom is 0.317 e. The fourth-order valence-corrected chi connectivity index (χ4v) is 3.32. The molecule has 0 spiro atoms. The molecular formula is C21H24N4O. The van der Waals surface area contributed by atoms with Crippen molar-refractivity contribution in [2.75, 3.05) is 25.0 Å². The average molecular weight is 348 g/mol. The van der Waals surface area contributed by atoms with Crippen LogP contribution in [0, 0.1) is 11.3 Å². The number of hydrogen-bond acceptors (Lipinski definition) is 3. The minimum atomic E-state index is -0.0184. The molecule has 0 bridgehead atoms. The summed E-state index contributed by atoms with van der Waals surface area (Å²) >= 11 is 0. The van der Waals surface area contributed by atoms with Crippen LogP contribution in [0.15, 0.2) is 54.6 Å². The molecule has 1 aliphatic heterocycles. The van der Waals surface area contributed by atoms with Gasteiger partial charge in [-0.2, -0.15) is 5.26 Å². The monoisotopic (exact) mass is 348 g/mol. The molecule has 1 saturated heterocycles. The SMILES string of the molecule is CN(c1ccccc1)C1CCN(C(=O)NCc2ccc(C#N)cc2)CC1. The van der Waals surface area contributed by atoms with Crippen LogP contribution in [0.4, 0.5) is 10.5 Å². The zero-order valence-electron chi connectivity index (χ0n) is 15.1. The van der Waals surface area contributed by atoms with Gasteiger partial charge in [0.25, 0.3) is 0 Å². The summed E-state index contributed by atoms with van der Waals surface area (Å²) in [6, 6.07) is 20.2. The van der Waals surface area contributed by atoms with Gasteiger partial charge >= 0.3 is 6.03 Å². The molecule has 3 rings (SSSR count). The maximum atomic E-state index is 12.4. The molecule has 1 heterocycles. The molecule has 0 radical (unpaired) electrons. The van der Waals surface area contributed by atoms with Crippen LogP contribution in [0.1, 0.15) is 24.0 Å².